The molecule has 3 aromatic rings. The van der Waals surface area contributed by atoms with Gasteiger partial charge in [-0.05, 0) is 58.6 Å². The molecule has 2 aliphatic rings. The van der Waals surface area contributed by atoms with Gasteiger partial charge in [-0.3, -0.25) is 9.36 Å². The standard InChI is InChI=1S/C33H45N7O5/c1-7-8-19-44-23(3)28-22(2)26-20-34-31(36-29(26)40(30(28)41)24-11-9-10-12-24)35-27-14-13-25(21-39(27)43)37-15-17-38(18-16-37)32(42)45-33(4,5)6/h13-14,20-21,24H,3,7-12,15-19H2,1-2,4-6H3,(H,34,35,36). The largest absolute Gasteiger partial charge is 0.711 e. The first kappa shape index (κ1) is 32.1. The Kier molecular flexibility index (Phi) is 9.50. The van der Waals surface area contributed by atoms with Gasteiger partial charge in [0.15, 0.2) is 5.65 Å². The van der Waals surface area contributed by atoms with Crippen LogP contribution in [0.5, 0.6) is 0 Å². The molecule has 2 fully saturated rings. The van der Waals surface area contributed by atoms with E-state index in [1.54, 1.807) is 21.7 Å². The molecule has 0 radical (unpaired) electrons. The smallest absolute Gasteiger partial charge is 0.410 e. The van der Waals surface area contributed by atoms with E-state index in [2.05, 4.69) is 28.7 Å². The Labute approximate surface area is 264 Å². The summed E-state index contributed by atoms with van der Waals surface area (Å²) in [6.07, 6.45) is 8.61. The first-order valence-electron chi connectivity index (χ1n) is 15.9. The van der Waals surface area contributed by atoms with Gasteiger partial charge in [-0.1, -0.05) is 32.8 Å². The van der Waals surface area contributed by atoms with Crippen LogP contribution < -0.4 is 20.5 Å². The van der Waals surface area contributed by atoms with E-state index in [0.717, 1.165) is 59.9 Å². The SMILES string of the molecule is C=C(OCCCC)c1c(C)c2cnc(Nc3ccc(N4CCN(C(=O)OC(C)(C)C)CC4)c[n+]3[O-])nc2n(C2CCCC2)c1=O. The summed E-state index contributed by atoms with van der Waals surface area (Å²) >= 11 is 0. The molecule has 5 rings (SSSR count). The van der Waals surface area contributed by atoms with E-state index in [1.165, 1.54) is 6.20 Å². The molecule has 0 spiro atoms. The van der Waals surface area contributed by atoms with Crippen molar-refractivity contribution in [3.63, 3.8) is 0 Å². The molecular weight excluding hydrogens is 574 g/mol. The van der Waals surface area contributed by atoms with Crippen molar-refractivity contribution in [2.45, 2.75) is 84.8 Å². The lowest BCUT2D eigenvalue weighted by Crippen LogP contribution is -2.50. The van der Waals surface area contributed by atoms with Crippen molar-refractivity contribution in [3.05, 3.63) is 57.8 Å². The number of unbranched alkanes of at least 4 members (excludes halogenated alkanes) is 1. The van der Waals surface area contributed by atoms with Gasteiger partial charge in [0.1, 0.15) is 17.6 Å². The third kappa shape index (κ3) is 7.15. The van der Waals surface area contributed by atoms with Crippen LogP contribution in [0, 0.1) is 12.1 Å². The van der Waals surface area contributed by atoms with Gasteiger partial charge in [-0.15, -0.1) is 0 Å². The van der Waals surface area contributed by atoms with E-state index < -0.39 is 5.60 Å². The number of nitrogens with zero attached hydrogens (tertiary/aromatic N) is 6. The molecule has 4 heterocycles. The van der Waals surface area contributed by atoms with E-state index in [4.69, 9.17) is 14.5 Å². The topological polar surface area (TPSA) is 129 Å². The van der Waals surface area contributed by atoms with E-state index in [9.17, 15) is 14.8 Å². The monoisotopic (exact) mass is 619 g/mol. The average Bonchev–Trinajstić information content (AvgIpc) is 3.52. The van der Waals surface area contributed by atoms with Crippen LogP contribution in [-0.4, -0.2) is 63.9 Å². The van der Waals surface area contributed by atoms with Crippen molar-refractivity contribution in [3.8, 4) is 0 Å². The quantitative estimate of drug-likeness (QED) is 0.144. The van der Waals surface area contributed by atoms with Gasteiger partial charge in [0.05, 0.1) is 17.9 Å². The number of amides is 1. The van der Waals surface area contributed by atoms with Gasteiger partial charge >= 0.3 is 12.0 Å². The van der Waals surface area contributed by atoms with Crippen molar-refractivity contribution in [1.82, 2.24) is 19.4 Å². The second-order valence-electron chi connectivity index (χ2n) is 12.8. The molecule has 1 aliphatic carbocycles. The average molecular weight is 620 g/mol. The van der Waals surface area contributed by atoms with E-state index in [0.29, 0.717) is 49.8 Å². The lowest BCUT2D eigenvalue weighted by atomic mass is 10.0. The van der Waals surface area contributed by atoms with Crippen molar-refractivity contribution < 1.29 is 19.0 Å². The minimum atomic E-state index is -0.548. The number of anilines is 3. The Hall–Kier alpha value is -4.35. The number of hydrogen-bond donors (Lipinski definition) is 1. The lowest BCUT2D eigenvalue weighted by Gasteiger charge is -2.36. The summed E-state index contributed by atoms with van der Waals surface area (Å²) in [5, 5.41) is 16.9. The number of carbonyl (C=O) groups is 1. The second kappa shape index (κ2) is 13.3. The lowest BCUT2D eigenvalue weighted by molar-refractivity contribution is -0.589. The summed E-state index contributed by atoms with van der Waals surface area (Å²) in [6, 6.07) is 3.56. The number of piperazine rings is 1. The Morgan fingerprint density at radius 3 is 2.53 bits per heavy atom. The maximum absolute atomic E-state index is 13.9. The normalized spacial score (nSPS) is 15.8. The molecule has 1 saturated heterocycles. The number of fused-ring (bicyclic) bond motifs is 1. The molecule has 1 aliphatic heterocycles. The first-order chi connectivity index (χ1) is 21.5. The second-order valence-corrected chi connectivity index (χ2v) is 12.8. The number of carbonyl (C=O) groups excluding carboxylic acids is 1. The zero-order valence-corrected chi connectivity index (χ0v) is 27.1. The van der Waals surface area contributed by atoms with Crippen LogP contribution in [0.1, 0.15) is 83.4 Å². The first-order valence-corrected chi connectivity index (χ1v) is 15.9. The minimum Gasteiger partial charge on any atom is -0.711 e. The molecule has 0 bridgehead atoms. The maximum atomic E-state index is 13.9. The summed E-state index contributed by atoms with van der Waals surface area (Å²) < 4.78 is 13.9. The van der Waals surface area contributed by atoms with Gasteiger partial charge in [-0.25, -0.2) is 14.8 Å². The Balaban J connectivity index is 1.37. The highest BCUT2D eigenvalue weighted by atomic mass is 16.6. The zero-order chi connectivity index (χ0) is 32.3. The fourth-order valence-corrected chi connectivity index (χ4v) is 5.98. The van der Waals surface area contributed by atoms with Crippen LogP contribution in [-0.2, 0) is 9.47 Å². The molecule has 1 N–H and O–H groups in total. The van der Waals surface area contributed by atoms with Gasteiger partial charge in [0.2, 0.25) is 0 Å². The number of ether oxygens (including phenoxy) is 2. The van der Waals surface area contributed by atoms with Gasteiger partial charge in [0.25, 0.3) is 11.4 Å². The molecule has 12 nitrogen and oxygen atoms in total. The third-order valence-corrected chi connectivity index (χ3v) is 8.39. The maximum Gasteiger partial charge on any atom is 0.410 e. The van der Waals surface area contributed by atoms with E-state index >= 15 is 0 Å². The van der Waals surface area contributed by atoms with Gasteiger partial charge in [0, 0.05) is 49.9 Å². The van der Waals surface area contributed by atoms with Crippen molar-refractivity contribution in [2.75, 3.05) is 43.0 Å². The predicted octanol–water partition coefficient (Wildman–Crippen LogP) is 5.44. The van der Waals surface area contributed by atoms with Crippen molar-refractivity contribution in [1.29, 1.82) is 0 Å². The molecule has 3 aromatic heterocycles. The number of hydrogen-bond acceptors (Lipinski definition) is 9. The predicted molar refractivity (Wildman–Crippen MR) is 175 cm³/mol. The highest BCUT2D eigenvalue weighted by Gasteiger charge is 2.28. The van der Waals surface area contributed by atoms with Crippen LogP contribution in [0.4, 0.5) is 22.2 Å². The summed E-state index contributed by atoms with van der Waals surface area (Å²) in [5.41, 5.74) is 1.77. The molecule has 242 valence electrons. The number of pyridine rings is 2. The molecule has 12 heteroatoms. The summed E-state index contributed by atoms with van der Waals surface area (Å²) in [4.78, 5) is 39.4. The summed E-state index contributed by atoms with van der Waals surface area (Å²) in [6.45, 7) is 16.3. The van der Waals surface area contributed by atoms with Crippen LogP contribution in [0.15, 0.2) is 35.9 Å². The summed E-state index contributed by atoms with van der Waals surface area (Å²) in [5.74, 6) is 0.856. The highest BCUT2D eigenvalue weighted by Crippen LogP contribution is 2.33. The zero-order valence-electron chi connectivity index (χ0n) is 27.1. The molecule has 1 saturated carbocycles. The number of aryl methyl sites for hydroxylation is 1. The van der Waals surface area contributed by atoms with Crippen LogP contribution in [0.3, 0.4) is 0 Å². The van der Waals surface area contributed by atoms with E-state index in [1.807, 2.05) is 33.8 Å². The molecule has 1 amide bonds. The Morgan fingerprint density at radius 2 is 1.89 bits per heavy atom. The molecule has 0 aromatic carbocycles. The van der Waals surface area contributed by atoms with Gasteiger partial charge < -0.3 is 24.5 Å². The van der Waals surface area contributed by atoms with Crippen LogP contribution in [0.2, 0.25) is 0 Å². The van der Waals surface area contributed by atoms with Gasteiger partial charge in [-0.2, -0.15) is 9.97 Å². The Bertz CT molecular complexity index is 1620. The number of rotatable bonds is 9. The molecular formula is C33H45N7O5. The van der Waals surface area contributed by atoms with E-state index in [-0.39, 0.29) is 29.5 Å². The molecule has 45 heavy (non-hydrogen) atoms. The van der Waals surface area contributed by atoms with Crippen LogP contribution >= 0.6 is 0 Å². The Morgan fingerprint density at radius 1 is 1.18 bits per heavy atom. The number of aromatic nitrogens is 4. The van der Waals surface area contributed by atoms with Crippen molar-refractivity contribution in [2.24, 2.45) is 0 Å². The number of nitrogens with one attached hydrogen (secondary N) is 1. The molecule has 0 atom stereocenters. The van der Waals surface area contributed by atoms with Crippen molar-refractivity contribution >= 4 is 40.3 Å². The fraction of sp³-hybridized carbons (Fsp3) is 0.545. The molecule has 0 unspecified atom stereocenters. The minimum absolute atomic E-state index is 0.0186. The summed E-state index contributed by atoms with van der Waals surface area (Å²) in [7, 11) is 0. The highest BCUT2D eigenvalue weighted by molar-refractivity contribution is 5.84. The fourth-order valence-electron chi connectivity index (χ4n) is 5.98. The third-order valence-electron chi connectivity index (χ3n) is 8.39. The van der Waals surface area contributed by atoms with Crippen LogP contribution in [0.25, 0.3) is 16.8 Å².